The largest absolute Gasteiger partial charge is 0.375 e. The van der Waals surface area contributed by atoms with Gasteiger partial charge in [0.2, 0.25) is 5.91 Å². The first kappa shape index (κ1) is 14.4. The van der Waals surface area contributed by atoms with Crippen LogP contribution in [-0.4, -0.2) is 24.0 Å². The summed E-state index contributed by atoms with van der Waals surface area (Å²) in [6.07, 6.45) is 0.828. The van der Waals surface area contributed by atoms with E-state index in [1.54, 1.807) is 6.92 Å². The van der Waals surface area contributed by atoms with Crippen LogP contribution in [0.25, 0.3) is 0 Å². The van der Waals surface area contributed by atoms with Gasteiger partial charge in [-0.2, -0.15) is 0 Å². The van der Waals surface area contributed by atoms with Crippen LogP contribution in [0.5, 0.6) is 0 Å². The van der Waals surface area contributed by atoms with E-state index >= 15 is 0 Å². The van der Waals surface area contributed by atoms with E-state index in [2.05, 4.69) is 10.3 Å². The van der Waals surface area contributed by atoms with Crippen LogP contribution in [0.1, 0.15) is 17.5 Å². The molecule has 2 rings (SSSR count). The summed E-state index contributed by atoms with van der Waals surface area (Å²) in [5.41, 5.74) is 6.47. The number of carbonyl (C=O) groups excluding carboxylic acids is 1. The topological polar surface area (TPSA) is 77.2 Å². The zero-order chi connectivity index (χ0) is 11.5. The highest BCUT2D eigenvalue weighted by Crippen LogP contribution is 2.27. The maximum Gasteiger partial charge on any atom is 0.230 e. The van der Waals surface area contributed by atoms with Crippen molar-refractivity contribution in [3.8, 4) is 0 Å². The number of nitrogens with zero attached hydrogens (tertiary/aromatic N) is 1. The Morgan fingerprint density at radius 1 is 1.71 bits per heavy atom. The number of carbonyl (C=O) groups is 1. The van der Waals surface area contributed by atoms with E-state index in [0.29, 0.717) is 24.9 Å². The third kappa shape index (κ3) is 3.38. The van der Waals surface area contributed by atoms with Gasteiger partial charge in [-0.15, -0.1) is 12.4 Å². The van der Waals surface area contributed by atoms with Crippen LogP contribution in [0.4, 0.5) is 5.13 Å². The predicted molar refractivity (Wildman–Crippen MR) is 69.6 cm³/mol. The van der Waals surface area contributed by atoms with Crippen LogP contribution >= 0.6 is 23.7 Å². The fraction of sp³-hybridized carbons (Fsp3) is 0.600. The van der Waals surface area contributed by atoms with Crippen molar-refractivity contribution < 1.29 is 9.53 Å². The molecule has 0 spiro atoms. The number of thiazole rings is 1. The third-order valence-electron chi connectivity index (χ3n) is 2.53. The van der Waals surface area contributed by atoms with Gasteiger partial charge in [-0.1, -0.05) is 18.3 Å². The van der Waals surface area contributed by atoms with E-state index in [0.717, 1.165) is 17.0 Å². The van der Waals surface area contributed by atoms with E-state index < -0.39 is 0 Å². The first-order valence-electron chi connectivity index (χ1n) is 5.28. The molecule has 0 bridgehead atoms. The minimum atomic E-state index is -0.183. The number of nitrogens with one attached hydrogen (secondary N) is 1. The number of anilines is 1. The lowest BCUT2D eigenvalue weighted by Gasteiger charge is -2.08. The normalized spacial score (nSPS) is 15.6. The third-order valence-corrected chi connectivity index (χ3v) is 3.51. The number of amides is 1. The van der Waals surface area contributed by atoms with Gasteiger partial charge in [0.05, 0.1) is 23.8 Å². The second-order valence-corrected chi connectivity index (χ2v) is 4.90. The van der Waals surface area contributed by atoms with Crippen molar-refractivity contribution in [1.82, 2.24) is 4.98 Å². The molecule has 3 N–H and O–H groups in total. The van der Waals surface area contributed by atoms with E-state index in [9.17, 15) is 4.79 Å². The Hall–Kier alpha value is -0.690. The molecule has 7 heteroatoms. The molecule has 1 aromatic rings. The number of hydrogen-bond acceptors (Lipinski definition) is 5. The van der Waals surface area contributed by atoms with Gasteiger partial charge in [-0.05, 0) is 0 Å². The molecule has 1 aliphatic rings. The summed E-state index contributed by atoms with van der Waals surface area (Å²) in [6, 6.07) is 0. The molecule has 1 aliphatic heterocycles. The molecule has 5 nitrogen and oxygen atoms in total. The van der Waals surface area contributed by atoms with Crippen molar-refractivity contribution in [3.05, 3.63) is 10.6 Å². The Kier molecular flexibility index (Phi) is 5.32. The second-order valence-electron chi connectivity index (χ2n) is 3.82. The van der Waals surface area contributed by atoms with Gasteiger partial charge >= 0.3 is 0 Å². The van der Waals surface area contributed by atoms with Crippen LogP contribution in [0.3, 0.4) is 0 Å². The average molecular weight is 278 g/mol. The number of fused-ring (bicyclic) bond motifs is 1. The van der Waals surface area contributed by atoms with Gasteiger partial charge in [-0.3, -0.25) is 4.79 Å². The maximum absolute atomic E-state index is 11.6. The number of nitrogens with two attached hydrogens (primary N) is 1. The van der Waals surface area contributed by atoms with Gasteiger partial charge < -0.3 is 15.8 Å². The number of halogens is 1. The van der Waals surface area contributed by atoms with Crippen LogP contribution in [0.15, 0.2) is 0 Å². The van der Waals surface area contributed by atoms with Crippen molar-refractivity contribution in [1.29, 1.82) is 0 Å². The number of ether oxygens (including phenoxy) is 1. The molecule has 0 saturated carbocycles. The summed E-state index contributed by atoms with van der Waals surface area (Å²) in [4.78, 5) is 17.1. The molecule has 17 heavy (non-hydrogen) atoms. The summed E-state index contributed by atoms with van der Waals surface area (Å²) in [5.74, 6) is -0.258. The van der Waals surface area contributed by atoms with Crippen molar-refractivity contribution in [2.24, 2.45) is 11.7 Å². The molecular weight excluding hydrogens is 262 g/mol. The maximum atomic E-state index is 11.6. The second kappa shape index (κ2) is 6.30. The van der Waals surface area contributed by atoms with Gasteiger partial charge in [0.25, 0.3) is 0 Å². The summed E-state index contributed by atoms with van der Waals surface area (Å²) >= 11 is 1.48. The number of hydrogen-bond donors (Lipinski definition) is 2. The Bertz CT molecular complexity index is 373. The smallest absolute Gasteiger partial charge is 0.230 e. The molecule has 0 radical (unpaired) electrons. The first-order valence-corrected chi connectivity index (χ1v) is 6.09. The molecule has 0 saturated heterocycles. The Morgan fingerprint density at radius 3 is 3.12 bits per heavy atom. The van der Waals surface area contributed by atoms with Crippen molar-refractivity contribution >= 4 is 34.8 Å². The summed E-state index contributed by atoms with van der Waals surface area (Å²) in [6.45, 7) is 3.46. The van der Waals surface area contributed by atoms with Gasteiger partial charge in [0.1, 0.15) is 0 Å². The zero-order valence-corrected chi connectivity index (χ0v) is 11.2. The average Bonchev–Trinajstić information content (AvgIpc) is 2.69. The monoisotopic (exact) mass is 277 g/mol. The van der Waals surface area contributed by atoms with E-state index in [1.807, 2.05) is 0 Å². The molecule has 1 aromatic heterocycles. The minimum Gasteiger partial charge on any atom is -0.375 e. The predicted octanol–water partition coefficient (Wildman–Crippen LogP) is 1.17. The highest BCUT2D eigenvalue weighted by atomic mass is 35.5. The molecule has 2 heterocycles. The SMILES string of the molecule is CC(CN)C(=O)Nc1nc2c(s1)COCC2.Cl. The summed E-state index contributed by atoms with van der Waals surface area (Å²) < 4.78 is 5.32. The van der Waals surface area contributed by atoms with Crippen molar-refractivity contribution in [2.75, 3.05) is 18.5 Å². The molecule has 1 atom stereocenters. The van der Waals surface area contributed by atoms with Crippen LogP contribution < -0.4 is 11.1 Å². The first-order chi connectivity index (χ1) is 7.70. The van der Waals surface area contributed by atoms with Gasteiger partial charge in [0, 0.05) is 18.9 Å². The fourth-order valence-electron chi connectivity index (χ4n) is 1.41. The van der Waals surface area contributed by atoms with Crippen molar-refractivity contribution in [3.63, 3.8) is 0 Å². The number of rotatable bonds is 3. The lowest BCUT2D eigenvalue weighted by Crippen LogP contribution is -2.26. The molecule has 1 unspecified atom stereocenters. The van der Waals surface area contributed by atoms with Crippen LogP contribution in [0.2, 0.25) is 0 Å². The van der Waals surface area contributed by atoms with E-state index in [1.165, 1.54) is 11.3 Å². The highest BCUT2D eigenvalue weighted by Gasteiger charge is 2.18. The number of aromatic nitrogens is 1. The molecule has 1 amide bonds. The lowest BCUT2D eigenvalue weighted by atomic mass is 10.2. The van der Waals surface area contributed by atoms with Crippen LogP contribution in [0, 0.1) is 5.92 Å². The quantitative estimate of drug-likeness (QED) is 0.869. The fourth-order valence-corrected chi connectivity index (χ4v) is 2.36. The van der Waals surface area contributed by atoms with Crippen molar-refractivity contribution in [2.45, 2.75) is 20.0 Å². The Balaban J connectivity index is 0.00000144. The summed E-state index contributed by atoms with van der Waals surface area (Å²) in [5, 5.41) is 3.44. The summed E-state index contributed by atoms with van der Waals surface area (Å²) in [7, 11) is 0. The minimum absolute atomic E-state index is 0. The molecule has 0 aliphatic carbocycles. The standard InChI is InChI=1S/C10H15N3O2S.ClH/c1-6(4-11)9(14)13-10-12-7-2-3-15-5-8(7)16-10;/h6H,2-5,11H2,1H3,(H,12,13,14);1H. The van der Waals surface area contributed by atoms with E-state index in [-0.39, 0.29) is 24.2 Å². The lowest BCUT2D eigenvalue weighted by molar-refractivity contribution is -0.119. The molecule has 0 fully saturated rings. The van der Waals surface area contributed by atoms with Crippen LogP contribution in [-0.2, 0) is 22.6 Å². The Labute approximate surface area is 110 Å². The van der Waals surface area contributed by atoms with E-state index in [4.69, 9.17) is 10.5 Å². The highest BCUT2D eigenvalue weighted by molar-refractivity contribution is 7.15. The zero-order valence-electron chi connectivity index (χ0n) is 9.56. The molecule has 96 valence electrons. The molecular formula is C10H16ClN3O2S. The van der Waals surface area contributed by atoms with Gasteiger partial charge in [-0.25, -0.2) is 4.98 Å². The Morgan fingerprint density at radius 2 is 2.47 bits per heavy atom. The van der Waals surface area contributed by atoms with Gasteiger partial charge in [0.15, 0.2) is 5.13 Å². The molecule has 0 aromatic carbocycles.